The number of benzene rings is 1. The predicted molar refractivity (Wildman–Crippen MR) is 70.7 cm³/mol. The number of ether oxygens (including phenoxy) is 1. The SMILES string of the molecule is NCc1cccc(Oc2ccc3c(n2)CCC3)c1. The topological polar surface area (TPSA) is 48.1 Å². The maximum atomic E-state index is 5.78. The van der Waals surface area contributed by atoms with Crippen LogP contribution in [0.25, 0.3) is 0 Å². The van der Waals surface area contributed by atoms with Crippen molar-refractivity contribution in [1.82, 2.24) is 4.98 Å². The fourth-order valence-electron chi connectivity index (χ4n) is 2.31. The van der Waals surface area contributed by atoms with Crippen LogP contribution in [0, 0.1) is 0 Å². The first-order chi connectivity index (χ1) is 8.85. The van der Waals surface area contributed by atoms with Crippen LogP contribution >= 0.6 is 0 Å². The van der Waals surface area contributed by atoms with Gasteiger partial charge < -0.3 is 10.5 Å². The Balaban J connectivity index is 1.83. The van der Waals surface area contributed by atoms with Gasteiger partial charge in [-0.05, 0) is 42.5 Å². The number of rotatable bonds is 3. The molecule has 2 N–H and O–H groups in total. The monoisotopic (exact) mass is 240 g/mol. The average Bonchev–Trinajstić information content (AvgIpc) is 2.86. The lowest BCUT2D eigenvalue weighted by molar-refractivity contribution is 0.460. The van der Waals surface area contributed by atoms with Gasteiger partial charge in [0.25, 0.3) is 0 Å². The van der Waals surface area contributed by atoms with Crippen molar-refractivity contribution in [1.29, 1.82) is 0 Å². The third kappa shape index (κ3) is 2.22. The minimum Gasteiger partial charge on any atom is -0.439 e. The molecular weight excluding hydrogens is 224 g/mol. The van der Waals surface area contributed by atoms with Gasteiger partial charge in [-0.25, -0.2) is 4.98 Å². The number of nitrogens with zero attached hydrogens (tertiary/aromatic N) is 1. The van der Waals surface area contributed by atoms with Gasteiger partial charge in [-0.3, -0.25) is 0 Å². The number of nitrogens with two attached hydrogens (primary N) is 1. The lowest BCUT2D eigenvalue weighted by Crippen LogP contribution is -1.97. The van der Waals surface area contributed by atoms with E-state index < -0.39 is 0 Å². The van der Waals surface area contributed by atoms with Crippen molar-refractivity contribution < 1.29 is 4.74 Å². The van der Waals surface area contributed by atoms with Crippen LogP contribution in [0.5, 0.6) is 11.6 Å². The lowest BCUT2D eigenvalue weighted by Gasteiger charge is -2.07. The highest BCUT2D eigenvalue weighted by Crippen LogP contribution is 2.25. The third-order valence-electron chi connectivity index (χ3n) is 3.26. The van der Waals surface area contributed by atoms with Gasteiger partial charge in [0.05, 0.1) is 0 Å². The van der Waals surface area contributed by atoms with Crippen molar-refractivity contribution in [2.75, 3.05) is 0 Å². The van der Waals surface area contributed by atoms with Crippen LogP contribution in [0.3, 0.4) is 0 Å². The zero-order valence-electron chi connectivity index (χ0n) is 10.2. The Hall–Kier alpha value is -1.87. The fraction of sp³-hybridized carbons (Fsp3) is 0.267. The molecule has 0 saturated carbocycles. The van der Waals surface area contributed by atoms with E-state index in [0.717, 1.165) is 24.2 Å². The third-order valence-corrected chi connectivity index (χ3v) is 3.26. The van der Waals surface area contributed by atoms with E-state index in [4.69, 9.17) is 10.5 Å². The highest BCUT2D eigenvalue weighted by atomic mass is 16.5. The summed E-state index contributed by atoms with van der Waals surface area (Å²) in [5.74, 6) is 1.47. The van der Waals surface area contributed by atoms with Crippen LogP contribution < -0.4 is 10.5 Å². The van der Waals surface area contributed by atoms with Crippen LogP contribution in [-0.2, 0) is 19.4 Å². The molecule has 3 nitrogen and oxygen atoms in total. The normalized spacial score (nSPS) is 13.4. The van der Waals surface area contributed by atoms with Gasteiger partial charge in [-0.2, -0.15) is 0 Å². The van der Waals surface area contributed by atoms with Gasteiger partial charge in [0.2, 0.25) is 5.88 Å². The van der Waals surface area contributed by atoms with E-state index in [1.165, 1.54) is 17.7 Å². The summed E-state index contributed by atoms with van der Waals surface area (Å²) in [5, 5.41) is 0. The molecule has 2 aromatic rings. The molecule has 0 saturated heterocycles. The van der Waals surface area contributed by atoms with Crippen LogP contribution in [-0.4, -0.2) is 4.98 Å². The van der Waals surface area contributed by atoms with E-state index in [9.17, 15) is 0 Å². The Bertz CT molecular complexity index is 566. The molecule has 3 rings (SSSR count). The number of aryl methyl sites for hydroxylation is 2. The number of aromatic nitrogens is 1. The summed E-state index contributed by atoms with van der Waals surface area (Å²) in [5.41, 5.74) is 9.22. The van der Waals surface area contributed by atoms with Crippen molar-refractivity contribution in [3.05, 3.63) is 53.2 Å². The molecule has 1 aliphatic carbocycles. The molecule has 3 heteroatoms. The van der Waals surface area contributed by atoms with E-state index >= 15 is 0 Å². The van der Waals surface area contributed by atoms with Gasteiger partial charge in [0.15, 0.2) is 0 Å². The fourth-order valence-corrected chi connectivity index (χ4v) is 2.31. The van der Waals surface area contributed by atoms with Crippen molar-refractivity contribution in [3.63, 3.8) is 0 Å². The molecule has 0 radical (unpaired) electrons. The van der Waals surface area contributed by atoms with E-state index in [2.05, 4.69) is 11.1 Å². The highest BCUT2D eigenvalue weighted by Gasteiger charge is 2.13. The summed E-state index contributed by atoms with van der Waals surface area (Å²) in [7, 11) is 0. The van der Waals surface area contributed by atoms with Crippen LogP contribution in [0.15, 0.2) is 36.4 Å². The number of hydrogen-bond acceptors (Lipinski definition) is 3. The molecule has 18 heavy (non-hydrogen) atoms. The van der Waals surface area contributed by atoms with E-state index in [-0.39, 0.29) is 0 Å². The Kier molecular flexibility index (Phi) is 2.99. The number of pyridine rings is 1. The smallest absolute Gasteiger partial charge is 0.219 e. The first-order valence-corrected chi connectivity index (χ1v) is 6.31. The zero-order chi connectivity index (χ0) is 12.4. The minimum atomic E-state index is 0.523. The van der Waals surface area contributed by atoms with Gasteiger partial charge in [-0.15, -0.1) is 0 Å². The van der Waals surface area contributed by atoms with Crippen LogP contribution in [0.4, 0.5) is 0 Å². The summed E-state index contributed by atoms with van der Waals surface area (Å²) in [6, 6.07) is 11.9. The molecule has 92 valence electrons. The predicted octanol–water partition coefficient (Wildman–Crippen LogP) is 2.82. The maximum absolute atomic E-state index is 5.78. The van der Waals surface area contributed by atoms with E-state index in [0.29, 0.717) is 12.4 Å². The molecule has 0 atom stereocenters. The first kappa shape index (κ1) is 11.2. The minimum absolute atomic E-state index is 0.523. The maximum Gasteiger partial charge on any atom is 0.219 e. The van der Waals surface area contributed by atoms with Gasteiger partial charge in [-0.1, -0.05) is 18.2 Å². The van der Waals surface area contributed by atoms with Gasteiger partial charge in [0, 0.05) is 18.3 Å². The van der Waals surface area contributed by atoms with Crippen LogP contribution in [0.1, 0.15) is 23.2 Å². The van der Waals surface area contributed by atoms with Crippen molar-refractivity contribution >= 4 is 0 Å². The Morgan fingerprint density at radius 2 is 2.11 bits per heavy atom. The Morgan fingerprint density at radius 3 is 3.00 bits per heavy atom. The lowest BCUT2D eigenvalue weighted by atomic mass is 10.2. The summed E-state index contributed by atoms with van der Waals surface area (Å²) in [4.78, 5) is 4.55. The Labute approximate surface area is 107 Å². The highest BCUT2D eigenvalue weighted by molar-refractivity contribution is 5.34. The summed E-state index contributed by atoms with van der Waals surface area (Å²) in [6.07, 6.45) is 3.41. The number of fused-ring (bicyclic) bond motifs is 1. The molecule has 1 heterocycles. The second-order valence-electron chi connectivity index (χ2n) is 4.56. The van der Waals surface area contributed by atoms with Gasteiger partial charge in [0.1, 0.15) is 5.75 Å². The van der Waals surface area contributed by atoms with Crippen LogP contribution in [0.2, 0.25) is 0 Å². The Morgan fingerprint density at radius 1 is 1.17 bits per heavy atom. The summed E-state index contributed by atoms with van der Waals surface area (Å²) < 4.78 is 5.78. The number of hydrogen-bond donors (Lipinski definition) is 1. The van der Waals surface area contributed by atoms with Crippen molar-refractivity contribution in [3.8, 4) is 11.6 Å². The molecule has 1 aromatic carbocycles. The second-order valence-corrected chi connectivity index (χ2v) is 4.56. The molecular formula is C15H16N2O. The molecule has 1 aromatic heterocycles. The second kappa shape index (κ2) is 4.78. The summed E-state index contributed by atoms with van der Waals surface area (Å²) in [6.45, 7) is 0.523. The quantitative estimate of drug-likeness (QED) is 0.897. The average molecular weight is 240 g/mol. The van der Waals surface area contributed by atoms with E-state index in [1.807, 2.05) is 30.3 Å². The standard InChI is InChI=1S/C15H16N2O/c16-10-11-3-1-5-13(9-11)18-15-8-7-12-4-2-6-14(12)17-15/h1,3,5,7-9H,2,4,6,10,16H2. The van der Waals surface area contributed by atoms with E-state index in [1.54, 1.807) is 0 Å². The van der Waals surface area contributed by atoms with Crippen molar-refractivity contribution in [2.24, 2.45) is 5.73 Å². The zero-order valence-corrected chi connectivity index (χ0v) is 10.2. The molecule has 0 bridgehead atoms. The molecule has 1 aliphatic rings. The first-order valence-electron chi connectivity index (χ1n) is 6.31. The molecule has 0 aliphatic heterocycles. The summed E-state index contributed by atoms with van der Waals surface area (Å²) >= 11 is 0. The molecule has 0 unspecified atom stereocenters. The molecule has 0 amide bonds. The van der Waals surface area contributed by atoms with Crippen molar-refractivity contribution in [2.45, 2.75) is 25.8 Å². The molecule has 0 fully saturated rings. The largest absolute Gasteiger partial charge is 0.439 e. The van der Waals surface area contributed by atoms with Gasteiger partial charge >= 0.3 is 0 Å². The molecule has 0 spiro atoms.